The molecule has 13 nitrogen and oxygen atoms in total. The Kier molecular flexibility index (Phi) is 4.81. The molecule has 37 heavy (non-hydrogen) atoms. The molecular formula is C24H23N7O6. The van der Waals surface area contributed by atoms with Crippen LogP contribution in [-0.4, -0.2) is 92.4 Å². The molecule has 6 rings (SSSR count). The third kappa shape index (κ3) is 3.07. The topological polar surface area (TPSA) is 196 Å². The minimum atomic E-state index is -2.74. The van der Waals surface area contributed by atoms with Crippen LogP contribution < -0.4 is 16.8 Å². The molecule has 7 N–H and O–H groups in total. The second-order valence-corrected chi connectivity index (χ2v) is 9.27. The van der Waals surface area contributed by atoms with Crippen molar-refractivity contribution in [2.75, 3.05) is 13.1 Å². The van der Waals surface area contributed by atoms with Crippen molar-refractivity contribution in [2.24, 2.45) is 21.5 Å². The molecular weight excluding hydrogens is 482 g/mol. The largest absolute Gasteiger partial charge is 0.451 e. The van der Waals surface area contributed by atoms with Crippen molar-refractivity contribution in [1.29, 1.82) is 0 Å². The number of carbonyl (C=O) groups is 3. The van der Waals surface area contributed by atoms with Crippen LogP contribution in [0.3, 0.4) is 0 Å². The molecule has 4 atom stereocenters. The Labute approximate surface area is 210 Å². The van der Waals surface area contributed by atoms with Gasteiger partial charge < -0.3 is 36.6 Å². The number of aliphatic imine (C=N–C) groups is 2. The van der Waals surface area contributed by atoms with Gasteiger partial charge in [-0.2, -0.15) is 0 Å². The van der Waals surface area contributed by atoms with Crippen molar-refractivity contribution in [3.8, 4) is 0 Å². The molecule has 1 saturated heterocycles. The van der Waals surface area contributed by atoms with Crippen LogP contribution in [0.15, 0.2) is 64.6 Å². The fraction of sp³-hybridized carbons (Fsp3) is 0.292. The molecule has 0 bridgehead atoms. The fourth-order valence-corrected chi connectivity index (χ4v) is 5.54. The highest BCUT2D eigenvalue weighted by molar-refractivity contribution is 6.21. The SMILES string of the molecule is NC1=N[C@H]2C(CN3C(=O)c4ccccc4C3=O)N=C(N)N3CC(OC(=O)c4ccccc4)C(O)(O)[C@]23N1. The summed E-state index contributed by atoms with van der Waals surface area (Å²) in [5, 5.41) is 25.7. The van der Waals surface area contributed by atoms with E-state index in [9.17, 15) is 24.6 Å². The zero-order chi connectivity index (χ0) is 26.1. The Morgan fingerprint density at radius 1 is 1.03 bits per heavy atom. The molecule has 2 aromatic carbocycles. The third-order valence-electron chi connectivity index (χ3n) is 7.25. The predicted octanol–water partition coefficient (Wildman–Crippen LogP) is -1.82. The van der Waals surface area contributed by atoms with Gasteiger partial charge in [-0.05, 0) is 24.3 Å². The fourth-order valence-electron chi connectivity index (χ4n) is 5.54. The molecule has 1 spiro atoms. The maximum absolute atomic E-state index is 13.0. The van der Waals surface area contributed by atoms with Gasteiger partial charge in [0.1, 0.15) is 6.04 Å². The number of ether oxygens (including phenoxy) is 1. The van der Waals surface area contributed by atoms with Crippen molar-refractivity contribution in [3.05, 3.63) is 71.3 Å². The Balaban J connectivity index is 1.33. The van der Waals surface area contributed by atoms with Gasteiger partial charge in [-0.25, -0.2) is 14.8 Å². The maximum Gasteiger partial charge on any atom is 0.338 e. The van der Waals surface area contributed by atoms with Crippen LogP contribution in [0.5, 0.6) is 0 Å². The van der Waals surface area contributed by atoms with Crippen molar-refractivity contribution >= 4 is 29.7 Å². The number of rotatable bonds is 4. The highest BCUT2D eigenvalue weighted by Crippen LogP contribution is 2.46. The molecule has 4 heterocycles. The highest BCUT2D eigenvalue weighted by Gasteiger charge is 2.74. The molecule has 4 aliphatic heterocycles. The zero-order valence-corrected chi connectivity index (χ0v) is 19.3. The summed E-state index contributed by atoms with van der Waals surface area (Å²) in [5.74, 6) is -4.78. The van der Waals surface area contributed by atoms with Crippen LogP contribution >= 0.6 is 0 Å². The summed E-state index contributed by atoms with van der Waals surface area (Å²) < 4.78 is 5.49. The Morgan fingerprint density at radius 3 is 2.30 bits per heavy atom. The number of hydrogen-bond acceptors (Lipinski definition) is 12. The number of hydrogen-bond donors (Lipinski definition) is 5. The number of amides is 2. The lowest BCUT2D eigenvalue weighted by Crippen LogP contribution is -2.77. The molecule has 0 saturated carbocycles. The second kappa shape index (κ2) is 7.75. The number of nitrogens with two attached hydrogens (primary N) is 2. The number of aliphatic hydroxyl groups is 2. The lowest BCUT2D eigenvalue weighted by atomic mass is 9.85. The standard InChI is InChI=1S/C24H23N7O6/c25-21-28-17-15(10-30-18(32)13-8-4-5-9-14(13)19(30)33)27-22(26)31-11-16(24(35,36)23(17,31)29-21)37-20(34)12-6-2-1-3-7-12/h1-9,15-17,35-36H,10-11H2,(H2,26,27)(H3,25,28,29)/t15?,16?,17-,23-/m0/s1. The lowest BCUT2D eigenvalue weighted by Gasteiger charge is -2.48. The summed E-state index contributed by atoms with van der Waals surface area (Å²) in [6.45, 7) is -0.469. The average Bonchev–Trinajstić information content (AvgIpc) is 3.44. The summed E-state index contributed by atoms with van der Waals surface area (Å²) in [4.78, 5) is 49.8. The van der Waals surface area contributed by atoms with E-state index >= 15 is 0 Å². The Morgan fingerprint density at radius 2 is 1.65 bits per heavy atom. The molecule has 2 aromatic rings. The lowest BCUT2D eigenvalue weighted by molar-refractivity contribution is -0.256. The molecule has 2 unspecified atom stereocenters. The molecule has 13 heteroatoms. The van der Waals surface area contributed by atoms with Crippen LogP contribution in [0.2, 0.25) is 0 Å². The highest BCUT2D eigenvalue weighted by atomic mass is 16.6. The molecule has 0 radical (unpaired) electrons. The number of carbonyl (C=O) groups excluding carboxylic acids is 3. The molecule has 4 aliphatic rings. The normalized spacial score (nSPS) is 29.2. The first-order chi connectivity index (χ1) is 17.6. The molecule has 2 amide bonds. The number of esters is 1. The maximum atomic E-state index is 13.0. The molecule has 0 aromatic heterocycles. The predicted molar refractivity (Wildman–Crippen MR) is 128 cm³/mol. The summed E-state index contributed by atoms with van der Waals surface area (Å²) >= 11 is 0. The van der Waals surface area contributed by atoms with Gasteiger partial charge in [0.2, 0.25) is 5.79 Å². The van der Waals surface area contributed by atoms with Gasteiger partial charge in [-0.3, -0.25) is 14.5 Å². The number of imide groups is 1. The van der Waals surface area contributed by atoms with E-state index in [1.165, 1.54) is 17.0 Å². The third-order valence-corrected chi connectivity index (χ3v) is 7.25. The van der Waals surface area contributed by atoms with Gasteiger partial charge in [-0.15, -0.1) is 0 Å². The van der Waals surface area contributed by atoms with E-state index in [-0.39, 0.29) is 41.7 Å². The van der Waals surface area contributed by atoms with Gasteiger partial charge in [0, 0.05) is 0 Å². The van der Waals surface area contributed by atoms with E-state index in [2.05, 4.69) is 15.3 Å². The molecule has 190 valence electrons. The molecule has 0 aliphatic carbocycles. The minimum absolute atomic E-state index is 0.124. The number of fused-ring (bicyclic) bond motifs is 1. The Bertz CT molecular complexity index is 1360. The number of guanidine groups is 2. The first-order valence-electron chi connectivity index (χ1n) is 11.5. The van der Waals surface area contributed by atoms with Crippen LogP contribution in [0.4, 0.5) is 0 Å². The monoisotopic (exact) mass is 505 g/mol. The van der Waals surface area contributed by atoms with E-state index < -0.39 is 47.4 Å². The number of benzene rings is 2. The van der Waals surface area contributed by atoms with Gasteiger partial charge in [0.05, 0.1) is 35.8 Å². The van der Waals surface area contributed by atoms with Crippen LogP contribution in [0, 0.1) is 0 Å². The van der Waals surface area contributed by atoms with Gasteiger partial charge in [0.25, 0.3) is 11.8 Å². The quantitative estimate of drug-likeness (QED) is 0.179. The number of nitrogens with zero attached hydrogens (tertiary/aromatic N) is 4. The van der Waals surface area contributed by atoms with Gasteiger partial charge >= 0.3 is 5.97 Å². The summed E-state index contributed by atoms with van der Waals surface area (Å²) in [5.41, 5.74) is 11.1. The summed E-state index contributed by atoms with van der Waals surface area (Å²) in [7, 11) is 0. The number of nitrogens with one attached hydrogen (secondary N) is 1. The van der Waals surface area contributed by atoms with E-state index in [0.717, 1.165) is 4.90 Å². The Hall–Kier alpha value is -4.49. The first-order valence-corrected chi connectivity index (χ1v) is 11.5. The van der Waals surface area contributed by atoms with Crippen molar-refractivity contribution < 1.29 is 29.3 Å². The minimum Gasteiger partial charge on any atom is -0.451 e. The van der Waals surface area contributed by atoms with Gasteiger partial charge in [0.15, 0.2) is 23.7 Å². The zero-order valence-electron chi connectivity index (χ0n) is 19.3. The van der Waals surface area contributed by atoms with Crippen LogP contribution in [0.25, 0.3) is 0 Å². The van der Waals surface area contributed by atoms with Crippen LogP contribution in [-0.2, 0) is 4.74 Å². The van der Waals surface area contributed by atoms with Crippen molar-refractivity contribution in [3.63, 3.8) is 0 Å². The summed E-state index contributed by atoms with van der Waals surface area (Å²) in [6.07, 6.45) is -1.47. The van der Waals surface area contributed by atoms with E-state index in [0.29, 0.717) is 0 Å². The van der Waals surface area contributed by atoms with Gasteiger partial charge in [-0.1, -0.05) is 30.3 Å². The van der Waals surface area contributed by atoms with Crippen molar-refractivity contribution in [1.82, 2.24) is 15.1 Å². The molecule has 1 fully saturated rings. The second-order valence-electron chi connectivity index (χ2n) is 9.27. The summed E-state index contributed by atoms with van der Waals surface area (Å²) in [6, 6.07) is 12.4. The smallest absolute Gasteiger partial charge is 0.338 e. The average molecular weight is 505 g/mol. The van der Waals surface area contributed by atoms with E-state index in [1.54, 1.807) is 42.5 Å². The first kappa shape index (κ1) is 22.9. The van der Waals surface area contributed by atoms with E-state index in [4.69, 9.17) is 16.2 Å². The van der Waals surface area contributed by atoms with E-state index in [1.807, 2.05) is 0 Å². The van der Waals surface area contributed by atoms with Crippen molar-refractivity contribution in [2.45, 2.75) is 29.6 Å². The van der Waals surface area contributed by atoms with Crippen LogP contribution in [0.1, 0.15) is 31.1 Å².